The lowest BCUT2D eigenvalue weighted by molar-refractivity contribution is 0.115. The second-order valence-corrected chi connectivity index (χ2v) is 4.21. The van der Waals surface area contributed by atoms with E-state index in [1.165, 1.54) is 12.8 Å². The van der Waals surface area contributed by atoms with Crippen molar-refractivity contribution in [3.63, 3.8) is 0 Å². The molecule has 0 saturated heterocycles. The van der Waals surface area contributed by atoms with Crippen LogP contribution < -0.4 is 5.73 Å². The molecule has 16 heavy (non-hydrogen) atoms. The standard InChI is InChI=1S/C12H17N3O/c13-12(14)11-10(2-1-6-15-11)8-16-7-5-9-3-4-9/h1-2,6,9H,3-5,7-8H2,(H3,13,14). The number of hydrogen-bond donors (Lipinski definition) is 2. The van der Waals surface area contributed by atoms with Crippen molar-refractivity contribution < 1.29 is 4.74 Å². The molecule has 2 rings (SSSR count). The minimum absolute atomic E-state index is 0.00129. The number of amidine groups is 1. The molecule has 4 heteroatoms. The summed E-state index contributed by atoms with van der Waals surface area (Å²) in [4.78, 5) is 4.07. The second kappa shape index (κ2) is 5.07. The second-order valence-electron chi connectivity index (χ2n) is 4.21. The highest BCUT2D eigenvalue weighted by Crippen LogP contribution is 2.32. The van der Waals surface area contributed by atoms with Gasteiger partial charge in [0.05, 0.1) is 6.61 Å². The summed E-state index contributed by atoms with van der Waals surface area (Å²) in [5.74, 6) is 0.891. The summed E-state index contributed by atoms with van der Waals surface area (Å²) in [6.07, 6.45) is 5.50. The minimum Gasteiger partial charge on any atom is -0.382 e. The van der Waals surface area contributed by atoms with E-state index in [0.717, 1.165) is 24.5 Å². The number of rotatable bonds is 6. The summed E-state index contributed by atoms with van der Waals surface area (Å²) in [7, 11) is 0. The summed E-state index contributed by atoms with van der Waals surface area (Å²) < 4.78 is 5.57. The Morgan fingerprint density at radius 1 is 1.56 bits per heavy atom. The first-order valence-corrected chi connectivity index (χ1v) is 5.63. The van der Waals surface area contributed by atoms with Gasteiger partial charge in [0.25, 0.3) is 0 Å². The summed E-state index contributed by atoms with van der Waals surface area (Å²) in [5, 5.41) is 7.39. The molecule has 0 aliphatic heterocycles. The Balaban J connectivity index is 1.84. The molecule has 0 unspecified atom stereocenters. The van der Waals surface area contributed by atoms with Crippen LogP contribution in [0.25, 0.3) is 0 Å². The summed E-state index contributed by atoms with van der Waals surface area (Å²) in [5.41, 5.74) is 6.87. The molecule has 1 aliphatic rings. The van der Waals surface area contributed by atoms with Crippen LogP contribution in [0.5, 0.6) is 0 Å². The first-order chi connectivity index (χ1) is 7.77. The van der Waals surface area contributed by atoms with E-state index in [1.54, 1.807) is 6.20 Å². The van der Waals surface area contributed by atoms with Crippen LogP contribution in [0.1, 0.15) is 30.5 Å². The SMILES string of the molecule is N=C(N)c1ncccc1COCCC1CC1. The van der Waals surface area contributed by atoms with Crippen molar-refractivity contribution in [2.24, 2.45) is 11.7 Å². The highest BCUT2D eigenvalue weighted by Gasteiger charge is 2.20. The fraction of sp³-hybridized carbons (Fsp3) is 0.500. The zero-order chi connectivity index (χ0) is 11.4. The number of ether oxygens (including phenoxy) is 1. The topological polar surface area (TPSA) is 72.0 Å². The molecule has 0 atom stereocenters. The van der Waals surface area contributed by atoms with Gasteiger partial charge in [0.2, 0.25) is 0 Å². The van der Waals surface area contributed by atoms with E-state index in [4.69, 9.17) is 15.9 Å². The molecule has 1 heterocycles. The largest absolute Gasteiger partial charge is 0.382 e. The first kappa shape index (κ1) is 11.1. The third kappa shape index (κ3) is 3.03. The molecule has 0 aromatic carbocycles. The molecule has 1 aromatic heterocycles. The number of nitrogens with zero attached hydrogens (tertiary/aromatic N) is 1. The van der Waals surface area contributed by atoms with Crippen LogP contribution in [0.4, 0.5) is 0 Å². The maximum Gasteiger partial charge on any atom is 0.142 e. The van der Waals surface area contributed by atoms with E-state index in [2.05, 4.69) is 4.98 Å². The normalized spacial score (nSPS) is 15.0. The zero-order valence-corrected chi connectivity index (χ0v) is 9.28. The first-order valence-electron chi connectivity index (χ1n) is 5.63. The molecular weight excluding hydrogens is 202 g/mol. The van der Waals surface area contributed by atoms with Crippen molar-refractivity contribution in [3.05, 3.63) is 29.6 Å². The Labute approximate surface area is 95.3 Å². The van der Waals surface area contributed by atoms with Crippen molar-refractivity contribution in [2.75, 3.05) is 6.61 Å². The summed E-state index contributed by atoms with van der Waals surface area (Å²) in [6.45, 7) is 1.28. The molecule has 3 N–H and O–H groups in total. The van der Waals surface area contributed by atoms with Crippen LogP contribution in [-0.2, 0) is 11.3 Å². The zero-order valence-electron chi connectivity index (χ0n) is 9.28. The van der Waals surface area contributed by atoms with Gasteiger partial charge < -0.3 is 10.5 Å². The van der Waals surface area contributed by atoms with Crippen LogP contribution in [0.15, 0.2) is 18.3 Å². The van der Waals surface area contributed by atoms with Gasteiger partial charge >= 0.3 is 0 Å². The molecule has 0 spiro atoms. The Kier molecular flexibility index (Phi) is 3.51. The average molecular weight is 219 g/mol. The van der Waals surface area contributed by atoms with Gasteiger partial charge in [-0.25, -0.2) is 0 Å². The third-order valence-corrected chi connectivity index (χ3v) is 2.77. The summed E-state index contributed by atoms with van der Waals surface area (Å²) >= 11 is 0. The van der Waals surface area contributed by atoms with Crippen LogP contribution in [-0.4, -0.2) is 17.4 Å². The van der Waals surface area contributed by atoms with Gasteiger partial charge in [0.15, 0.2) is 0 Å². The predicted octanol–water partition coefficient (Wildman–Crippen LogP) is 1.68. The van der Waals surface area contributed by atoms with Gasteiger partial charge in [-0.15, -0.1) is 0 Å². The Morgan fingerprint density at radius 2 is 2.38 bits per heavy atom. The smallest absolute Gasteiger partial charge is 0.142 e. The molecule has 1 fully saturated rings. The number of aromatic nitrogens is 1. The van der Waals surface area contributed by atoms with Crippen LogP contribution >= 0.6 is 0 Å². The van der Waals surface area contributed by atoms with Gasteiger partial charge in [-0.05, 0) is 18.4 Å². The molecule has 0 radical (unpaired) electrons. The lowest BCUT2D eigenvalue weighted by atomic mass is 10.2. The van der Waals surface area contributed by atoms with Gasteiger partial charge in [-0.1, -0.05) is 18.9 Å². The van der Waals surface area contributed by atoms with E-state index in [9.17, 15) is 0 Å². The van der Waals surface area contributed by atoms with Gasteiger partial charge in [0, 0.05) is 18.4 Å². The van der Waals surface area contributed by atoms with Gasteiger partial charge in [-0.3, -0.25) is 10.4 Å². The molecule has 0 amide bonds. The third-order valence-electron chi connectivity index (χ3n) is 2.77. The Morgan fingerprint density at radius 3 is 3.06 bits per heavy atom. The predicted molar refractivity (Wildman–Crippen MR) is 62.3 cm³/mol. The van der Waals surface area contributed by atoms with E-state index in [1.807, 2.05) is 12.1 Å². The maximum absolute atomic E-state index is 7.39. The number of hydrogen-bond acceptors (Lipinski definition) is 3. The number of nitrogens with one attached hydrogen (secondary N) is 1. The quantitative estimate of drug-likeness (QED) is 0.434. The van der Waals surface area contributed by atoms with Gasteiger partial charge in [-0.2, -0.15) is 0 Å². The van der Waals surface area contributed by atoms with E-state index >= 15 is 0 Å². The fourth-order valence-corrected chi connectivity index (χ4v) is 1.64. The van der Waals surface area contributed by atoms with Gasteiger partial charge in [0.1, 0.15) is 11.5 Å². The lowest BCUT2D eigenvalue weighted by Gasteiger charge is -2.07. The van der Waals surface area contributed by atoms with Crippen molar-refractivity contribution in [3.8, 4) is 0 Å². The van der Waals surface area contributed by atoms with Crippen LogP contribution in [0.2, 0.25) is 0 Å². The summed E-state index contributed by atoms with van der Waals surface area (Å²) in [6, 6.07) is 3.74. The molecule has 86 valence electrons. The molecule has 1 aromatic rings. The van der Waals surface area contributed by atoms with Crippen molar-refractivity contribution in [1.29, 1.82) is 5.41 Å². The lowest BCUT2D eigenvalue weighted by Crippen LogP contribution is -2.16. The van der Waals surface area contributed by atoms with Crippen LogP contribution in [0, 0.1) is 11.3 Å². The van der Waals surface area contributed by atoms with E-state index in [-0.39, 0.29) is 5.84 Å². The molecule has 1 aliphatic carbocycles. The molecule has 1 saturated carbocycles. The number of pyridine rings is 1. The number of nitrogen functional groups attached to an aromatic ring is 1. The fourth-order valence-electron chi connectivity index (χ4n) is 1.64. The molecule has 4 nitrogen and oxygen atoms in total. The highest BCUT2D eigenvalue weighted by atomic mass is 16.5. The minimum atomic E-state index is 0.00129. The Hall–Kier alpha value is -1.42. The number of nitrogens with two attached hydrogens (primary N) is 1. The van der Waals surface area contributed by atoms with E-state index < -0.39 is 0 Å². The van der Waals surface area contributed by atoms with Crippen molar-refractivity contribution in [2.45, 2.75) is 25.9 Å². The molecular formula is C12H17N3O. The van der Waals surface area contributed by atoms with E-state index in [0.29, 0.717) is 12.3 Å². The monoisotopic (exact) mass is 219 g/mol. The average Bonchev–Trinajstić information content (AvgIpc) is 3.08. The Bertz CT molecular complexity index is 374. The highest BCUT2D eigenvalue weighted by molar-refractivity contribution is 5.94. The maximum atomic E-state index is 7.39. The van der Waals surface area contributed by atoms with Crippen molar-refractivity contribution in [1.82, 2.24) is 4.98 Å². The van der Waals surface area contributed by atoms with Crippen molar-refractivity contribution >= 4 is 5.84 Å². The van der Waals surface area contributed by atoms with Crippen LogP contribution in [0.3, 0.4) is 0 Å². The molecule has 0 bridgehead atoms.